The molecule has 0 unspecified atom stereocenters. The van der Waals surface area contributed by atoms with Crippen LogP contribution in [0.25, 0.3) is 0 Å². The Morgan fingerprint density at radius 3 is 2.35 bits per heavy atom. The Bertz CT molecular complexity index is 1210. The molecular formula is C32H56N4O5S2. The number of nitrogens with zero attached hydrogens (tertiary/aromatic N) is 3. The van der Waals surface area contributed by atoms with Gasteiger partial charge in [0.2, 0.25) is 10.0 Å². The summed E-state index contributed by atoms with van der Waals surface area (Å²) >= 11 is 0. The lowest BCUT2D eigenvalue weighted by Gasteiger charge is -2.51. The van der Waals surface area contributed by atoms with E-state index in [1.54, 1.807) is 15.7 Å². The highest BCUT2D eigenvalue weighted by molar-refractivity contribution is 7.89. The van der Waals surface area contributed by atoms with Crippen LogP contribution >= 0.6 is 0 Å². The number of benzene rings is 1. The number of ether oxygens (including phenoxy) is 1. The van der Waals surface area contributed by atoms with Gasteiger partial charge >= 0.3 is 0 Å². The molecule has 0 bridgehead atoms. The van der Waals surface area contributed by atoms with Crippen LogP contribution in [0.15, 0.2) is 18.2 Å². The molecule has 0 aromatic heterocycles. The minimum Gasteiger partial charge on any atom is -0.497 e. The Hall–Kier alpha value is -1.24. The third-order valence-electron chi connectivity index (χ3n) is 9.70. The molecular weight excluding hydrogens is 585 g/mol. The van der Waals surface area contributed by atoms with Crippen LogP contribution in [0.5, 0.6) is 5.75 Å². The number of fused-ring (bicyclic) bond motifs is 4. The van der Waals surface area contributed by atoms with Crippen molar-refractivity contribution in [1.29, 1.82) is 0 Å². The van der Waals surface area contributed by atoms with E-state index < -0.39 is 20.2 Å². The Labute approximate surface area is 262 Å². The van der Waals surface area contributed by atoms with Crippen molar-refractivity contribution in [2.45, 2.75) is 109 Å². The summed E-state index contributed by atoms with van der Waals surface area (Å²) in [5, 5.41) is 0. The zero-order chi connectivity index (χ0) is 30.9. The molecule has 2 fully saturated rings. The molecule has 0 radical (unpaired) electrons. The van der Waals surface area contributed by atoms with Crippen LogP contribution < -0.4 is 9.46 Å². The van der Waals surface area contributed by atoms with Crippen molar-refractivity contribution < 1.29 is 21.6 Å². The molecule has 2 saturated heterocycles. The number of sulfonamides is 1. The third kappa shape index (κ3) is 9.16. The van der Waals surface area contributed by atoms with E-state index in [4.69, 9.17) is 4.74 Å². The second-order valence-corrected chi connectivity index (χ2v) is 16.5. The quantitative estimate of drug-likeness (QED) is 0.224. The third-order valence-corrected chi connectivity index (χ3v) is 13.3. The molecule has 3 aliphatic rings. The minimum atomic E-state index is -3.64. The van der Waals surface area contributed by atoms with E-state index in [2.05, 4.69) is 35.6 Å². The van der Waals surface area contributed by atoms with E-state index >= 15 is 0 Å². The molecule has 4 rings (SSSR count). The maximum atomic E-state index is 13.7. The predicted molar refractivity (Wildman–Crippen MR) is 174 cm³/mol. The summed E-state index contributed by atoms with van der Waals surface area (Å²) in [4.78, 5) is 2.55. The van der Waals surface area contributed by atoms with E-state index in [0.29, 0.717) is 25.6 Å². The SMILES string of the molecule is CCCCCCN(CCCCCC)S(=O)(=O)NCCCS(=O)(=O)N1CCC[C@@H]2CN3CCc4cc(OC)ccc4[C@@H]3C[C@@H]21. The van der Waals surface area contributed by atoms with Crippen molar-refractivity contribution >= 4 is 20.2 Å². The van der Waals surface area contributed by atoms with Gasteiger partial charge in [-0.3, -0.25) is 4.90 Å². The van der Waals surface area contributed by atoms with Gasteiger partial charge < -0.3 is 4.74 Å². The molecule has 246 valence electrons. The Balaban J connectivity index is 1.34. The zero-order valence-corrected chi connectivity index (χ0v) is 28.4. The maximum Gasteiger partial charge on any atom is 0.279 e. The van der Waals surface area contributed by atoms with E-state index in [1.165, 1.54) is 11.1 Å². The van der Waals surface area contributed by atoms with Crippen LogP contribution in [-0.4, -0.2) is 88.5 Å². The van der Waals surface area contributed by atoms with Gasteiger partial charge in [-0.25, -0.2) is 13.1 Å². The topological polar surface area (TPSA) is 99.3 Å². The Kier molecular flexibility index (Phi) is 13.2. The lowest BCUT2D eigenvalue weighted by atomic mass is 9.77. The molecule has 3 atom stereocenters. The highest BCUT2D eigenvalue weighted by Gasteiger charge is 2.45. The molecule has 3 aliphatic heterocycles. The van der Waals surface area contributed by atoms with Gasteiger partial charge in [-0.2, -0.15) is 17.0 Å². The second-order valence-electron chi connectivity index (χ2n) is 12.7. The fraction of sp³-hybridized carbons (Fsp3) is 0.812. The number of piperidine rings is 2. The zero-order valence-electron chi connectivity index (χ0n) is 26.8. The molecule has 43 heavy (non-hydrogen) atoms. The van der Waals surface area contributed by atoms with Crippen LogP contribution in [0.2, 0.25) is 0 Å². The van der Waals surface area contributed by atoms with Gasteiger partial charge in [0.05, 0.1) is 12.9 Å². The molecule has 11 heteroatoms. The smallest absolute Gasteiger partial charge is 0.279 e. The molecule has 9 nitrogen and oxygen atoms in total. The van der Waals surface area contributed by atoms with Crippen LogP contribution in [-0.2, 0) is 26.7 Å². The van der Waals surface area contributed by atoms with Crippen molar-refractivity contribution in [2.75, 3.05) is 52.1 Å². The van der Waals surface area contributed by atoms with E-state index in [0.717, 1.165) is 95.9 Å². The Morgan fingerprint density at radius 2 is 1.67 bits per heavy atom. The number of hydrogen-bond acceptors (Lipinski definition) is 6. The molecule has 1 N–H and O–H groups in total. The standard InChI is InChI=1S/C32H56N4O5S2/c1-4-6-8-10-19-35(20-11-9-7-5-2)43(39,40)33-18-13-23-42(37,38)36-21-12-14-28-26-34-22-17-27-24-29(41-3)15-16-30(27)32(34)25-31(28)36/h15-16,24,28,31-33H,4-14,17-23,25-26H2,1-3H3/t28-,31+,32+/m1/s1. The molecule has 0 spiro atoms. The number of methoxy groups -OCH3 is 1. The summed E-state index contributed by atoms with van der Waals surface area (Å²) < 4.78 is 65.3. The van der Waals surface area contributed by atoms with Crippen molar-refractivity contribution in [1.82, 2.24) is 18.2 Å². The predicted octanol–water partition coefficient (Wildman–Crippen LogP) is 5.10. The molecule has 1 aromatic carbocycles. The lowest BCUT2D eigenvalue weighted by Crippen LogP contribution is -2.57. The van der Waals surface area contributed by atoms with Gasteiger partial charge in [-0.15, -0.1) is 0 Å². The average molecular weight is 641 g/mol. The summed E-state index contributed by atoms with van der Waals surface area (Å²) in [7, 11) is -5.47. The van der Waals surface area contributed by atoms with Crippen LogP contribution in [0.4, 0.5) is 0 Å². The van der Waals surface area contributed by atoms with Gasteiger partial charge in [0.15, 0.2) is 0 Å². The van der Waals surface area contributed by atoms with Crippen molar-refractivity contribution in [2.24, 2.45) is 5.92 Å². The summed E-state index contributed by atoms with van der Waals surface area (Å²) in [6, 6.07) is 6.52. The monoisotopic (exact) mass is 640 g/mol. The normalized spacial score (nSPS) is 23.1. The highest BCUT2D eigenvalue weighted by atomic mass is 32.2. The summed E-state index contributed by atoms with van der Waals surface area (Å²) in [5.74, 6) is 1.18. The number of hydrogen-bond donors (Lipinski definition) is 1. The van der Waals surface area contributed by atoms with Crippen molar-refractivity contribution in [3.8, 4) is 5.75 Å². The summed E-state index contributed by atoms with van der Waals surface area (Å²) in [6.45, 7) is 7.95. The van der Waals surface area contributed by atoms with Crippen LogP contribution in [0.1, 0.15) is 108 Å². The van der Waals surface area contributed by atoms with Crippen molar-refractivity contribution in [3.63, 3.8) is 0 Å². The minimum absolute atomic E-state index is 0.00789. The first-order valence-electron chi connectivity index (χ1n) is 16.8. The Morgan fingerprint density at radius 1 is 0.953 bits per heavy atom. The first-order chi connectivity index (χ1) is 20.7. The van der Waals surface area contributed by atoms with E-state index in [-0.39, 0.29) is 30.8 Å². The first-order valence-corrected chi connectivity index (χ1v) is 19.9. The lowest BCUT2D eigenvalue weighted by molar-refractivity contribution is 0.0219. The van der Waals surface area contributed by atoms with Gasteiger partial charge in [-0.1, -0.05) is 58.4 Å². The largest absolute Gasteiger partial charge is 0.497 e. The van der Waals surface area contributed by atoms with Crippen LogP contribution in [0, 0.1) is 5.92 Å². The molecule has 0 aliphatic carbocycles. The van der Waals surface area contributed by atoms with Gasteiger partial charge in [0, 0.05) is 51.4 Å². The fourth-order valence-corrected chi connectivity index (χ4v) is 10.5. The first kappa shape index (κ1) is 34.6. The van der Waals surface area contributed by atoms with Crippen LogP contribution in [0.3, 0.4) is 0 Å². The van der Waals surface area contributed by atoms with Gasteiger partial charge in [0.25, 0.3) is 10.2 Å². The summed E-state index contributed by atoms with van der Waals surface area (Å²) in [5.41, 5.74) is 2.61. The molecule has 0 saturated carbocycles. The number of nitrogens with one attached hydrogen (secondary N) is 1. The molecule has 1 aromatic rings. The molecule has 0 amide bonds. The second kappa shape index (κ2) is 16.4. The van der Waals surface area contributed by atoms with Gasteiger partial charge in [0.1, 0.15) is 5.75 Å². The van der Waals surface area contributed by atoms with E-state index in [1.807, 2.05) is 6.07 Å². The van der Waals surface area contributed by atoms with Gasteiger partial charge in [-0.05, 0) is 74.1 Å². The fourth-order valence-electron chi connectivity index (χ4n) is 7.31. The maximum absolute atomic E-state index is 13.7. The average Bonchev–Trinajstić information content (AvgIpc) is 3.00. The molecule has 3 heterocycles. The van der Waals surface area contributed by atoms with Crippen molar-refractivity contribution in [3.05, 3.63) is 29.3 Å². The number of rotatable bonds is 18. The summed E-state index contributed by atoms with van der Waals surface area (Å²) in [6.07, 6.45) is 12.2. The number of unbranched alkanes of at least 4 members (excludes halogenated alkanes) is 6. The highest BCUT2D eigenvalue weighted by Crippen LogP contribution is 2.44. The van der Waals surface area contributed by atoms with E-state index in [9.17, 15) is 16.8 Å².